The van der Waals surface area contributed by atoms with Gasteiger partial charge >= 0.3 is 5.97 Å². The van der Waals surface area contributed by atoms with E-state index in [9.17, 15) is 9.90 Å². The Morgan fingerprint density at radius 2 is 2.05 bits per heavy atom. The van der Waals surface area contributed by atoms with Crippen molar-refractivity contribution in [3.63, 3.8) is 0 Å². The van der Waals surface area contributed by atoms with Gasteiger partial charge in [-0.25, -0.2) is 4.79 Å². The van der Waals surface area contributed by atoms with Crippen molar-refractivity contribution in [1.82, 2.24) is 0 Å². The second-order valence-corrected chi connectivity index (χ2v) is 4.42. The summed E-state index contributed by atoms with van der Waals surface area (Å²) in [5.41, 5.74) is 1.35. The van der Waals surface area contributed by atoms with E-state index in [0.717, 1.165) is 0 Å². The number of benzene rings is 2. The zero-order chi connectivity index (χ0) is 15.9. The molecule has 0 unspecified atom stereocenters. The number of nitrogens with zero attached hydrogens (tertiary/aromatic N) is 1. The number of hydrogen-bond donors (Lipinski definition) is 1. The van der Waals surface area contributed by atoms with Gasteiger partial charge in [-0.2, -0.15) is 0 Å². The van der Waals surface area contributed by atoms with Gasteiger partial charge in [0.1, 0.15) is 11.5 Å². The molecule has 1 N–H and O–H groups in total. The first kappa shape index (κ1) is 15.6. The fourth-order valence-electron chi connectivity index (χ4n) is 1.87. The van der Waals surface area contributed by atoms with E-state index >= 15 is 0 Å². The molecule has 5 nitrogen and oxygen atoms in total. The Labute approximate surface area is 128 Å². The summed E-state index contributed by atoms with van der Waals surface area (Å²) in [6.07, 6.45) is 1.48. The Balaban J connectivity index is 2.33. The number of carbonyl (C=O) groups excluding carboxylic acids is 1. The molecular weight excluding hydrogens is 282 g/mol. The van der Waals surface area contributed by atoms with Crippen LogP contribution in [-0.4, -0.2) is 31.0 Å². The van der Waals surface area contributed by atoms with Crippen LogP contribution in [0.2, 0.25) is 0 Å². The molecule has 2 aromatic rings. The number of methoxy groups -OCH3 is 1. The Bertz CT molecular complexity index is 695. The van der Waals surface area contributed by atoms with Crippen molar-refractivity contribution < 1.29 is 19.4 Å². The fourth-order valence-corrected chi connectivity index (χ4v) is 1.87. The highest BCUT2D eigenvalue weighted by Gasteiger charge is 2.11. The largest absolute Gasteiger partial charge is 0.507 e. The average Bonchev–Trinajstić information content (AvgIpc) is 2.54. The van der Waals surface area contributed by atoms with Gasteiger partial charge in [0, 0.05) is 11.8 Å². The molecular formula is C17H17NO4. The molecule has 0 saturated heterocycles. The zero-order valence-corrected chi connectivity index (χ0v) is 12.4. The van der Waals surface area contributed by atoms with Gasteiger partial charge in [0.25, 0.3) is 0 Å². The van der Waals surface area contributed by atoms with Crippen LogP contribution in [0.1, 0.15) is 22.8 Å². The molecule has 0 aliphatic carbocycles. The number of rotatable bonds is 5. The third kappa shape index (κ3) is 3.63. The molecule has 0 atom stereocenters. The van der Waals surface area contributed by atoms with E-state index in [-0.39, 0.29) is 5.75 Å². The number of esters is 1. The van der Waals surface area contributed by atoms with Gasteiger partial charge < -0.3 is 14.6 Å². The van der Waals surface area contributed by atoms with Crippen molar-refractivity contribution in [1.29, 1.82) is 0 Å². The van der Waals surface area contributed by atoms with Gasteiger partial charge in [-0.05, 0) is 37.3 Å². The lowest BCUT2D eigenvalue weighted by molar-refractivity contribution is 0.0527. The molecule has 0 aromatic heterocycles. The maximum Gasteiger partial charge on any atom is 0.340 e. The zero-order valence-electron chi connectivity index (χ0n) is 12.4. The topological polar surface area (TPSA) is 68.1 Å². The third-order valence-electron chi connectivity index (χ3n) is 2.98. The minimum atomic E-state index is -0.426. The predicted molar refractivity (Wildman–Crippen MR) is 84.3 cm³/mol. The highest BCUT2D eigenvalue weighted by molar-refractivity contribution is 5.96. The second-order valence-electron chi connectivity index (χ2n) is 4.42. The van der Waals surface area contributed by atoms with Crippen LogP contribution in [0.5, 0.6) is 11.5 Å². The summed E-state index contributed by atoms with van der Waals surface area (Å²) < 4.78 is 10.1. The summed E-state index contributed by atoms with van der Waals surface area (Å²) >= 11 is 0. The summed E-state index contributed by atoms with van der Waals surface area (Å²) in [6, 6.07) is 11.7. The number of para-hydroxylation sites is 1. The van der Waals surface area contributed by atoms with Gasteiger partial charge in [-0.15, -0.1) is 0 Å². The number of ether oxygens (including phenoxy) is 2. The first-order valence-electron chi connectivity index (χ1n) is 6.83. The SMILES string of the molecule is CCOC(=O)c1ccccc1N=Cc1cc(OC)ccc1O. The molecule has 0 aliphatic heterocycles. The number of hydrogen-bond acceptors (Lipinski definition) is 5. The van der Waals surface area contributed by atoms with Gasteiger partial charge in [0.15, 0.2) is 0 Å². The maximum absolute atomic E-state index is 11.9. The number of phenolic OH excluding ortho intramolecular Hbond substituents is 1. The Hall–Kier alpha value is -2.82. The Morgan fingerprint density at radius 3 is 2.77 bits per heavy atom. The normalized spacial score (nSPS) is 10.6. The molecule has 0 amide bonds. The van der Waals surface area contributed by atoms with E-state index in [1.807, 2.05) is 0 Å². The van der Waals surface area contributed by atoms with Crippen molar-refractivity contribution in [3.05, 3.63) is 53.6 Å². The monoisotopic (exact) mass is 299 g/mol. The lowest BCUT2D eigenvalue weighted by atomic mass is 10.1. The quantitative estimate of drug-likeness (QED) is 0.679. The first-order valence-corrected chi connectivity index (χ1v) is 6.83. The molecule has 0 radical (unpaired) electrons. The highest BCUT2D eigenvalue weighted by atomic mass is 16.5. The number of aromatic hydroxyl groups is 1. The van der Waals surface area contributed by atoms with Gasteiger partial charge in [-0.1, -0.05) is 12.1 Å². The van der Waals surface area contributed by atoms with Crippen molar-refractivity contribution in [2.75, 3.05) is 13.7 Å². The highest BCUT2D eigenvalue weighted by Crippen LogP contribution is 2.24. The van der Waals surface area contributed by atoms with Crippen LogP contribution in [0, 0.1) is 0 Å². The fraction of sp³-hybridized carbons (Fsp3) is 0.176. The molecule has 0 bridgehead atoms. The lowest BCUT2D eigenvalue weighted by Crippen LogP contribution is -2.04. The molecule has 22 heavy (non-hydrogen) atoms. The van der Waals surface area contributed by atoms with Crippen LogP contribution in [0.4, 0.5) is 5.69 Å². The smallest absolute Gasteiger partial charge is 0.340 e. The molecule has 0 heterocycles. The van der Waals surface area contributed by atoms with Crippen LogP contribution >= 0.6 is 0 Å². The average molecular weight is 299 g/mol. The van der Waals surface area contributed by atoms with Crippen LogP contribution in [0.25, 0.3) is 0 Å². The van der Waals surface area contributed by atoms with Gasteiger partial charge in [0.05, 0.1) is 25.0 Å². The minimum absolute atomic E-state index is 0.0816. The number of carbonyl (C=O) groups is 1. The van der Waals surface area contributed by atoms with Gasteiger partial charge in [0.2, 0.25) is 0 Å². The minimum Gasteiger partial charge on any atom is -0.507 e. The lowest BCUT2D eigenvalue weighted by Gasteiger charge is -2.05. The molecule has 5 heteroatoms. The molecule has 0 fully saturated rings. The van der Waals surface area contributed by atoms with Crippen molar-refractivity contribution in [2.45, 2.75) is 6.92 Å². The number of aliphatic imine (C=N–C) groups is 1. The van der Waals surface area contributed by atoms with Crippen LogP contribution in [0.15, 0.2) is 47.5 Å². The van der Waals surface area contributed by atoms with Crippen molar-refractivity contribution in [2.24, 2.45) is 4.99 Å². The molecule has 0 spiro atoms. The van der Waals surface area contributed by atoms with E-state index in [4.69, 9.17) is 9.47 Å². The predicted octanol–water partition coefficient (Wildman–Crippen LogP) is 3.33. The number of phenols is 1. The molecule has 2 aromatic carbocycles. The van der Waals surface area contributed by atoms with E-state index in [0.29, 0.717) is 29.2 Å². The summed E-state index contributed by atoms with van der Waals surface area (Å²) in [5.74, 6) is 0.265. The van der Waals surface area contributed by atoms with Crippen LogP contribution in [-0.2, 0) is 4.74 Å². The van der Waals surface area contributed by atoms with E-state index in [2.05, 4.69) is 4.99 Å². The standard InChI is InChI=1S/C17H17NO4/c1-3-22-17(20)14-6-4-5-7-15(14)18-11-12-10-13(21-2)8-9-16(12)19/h4-11,19H,3H2,1-2H3. The van der Waals surface area contributed by atoms with Crippen molar-refractivity contribution >= 4 is 17.9 Å². The summed E-state index contributed by atoms with van der Waals surface area (Å²) in [6.45, 7) is 2.05. The first-order chi connectivity index (χ1) is 10.7. The molecule has 0 aliphatic rings. The Morgan fingerprint density at radius 1 is 1.27 bits per heavy atom. The molecule has 2 rings (SSSR count). The van der Waals surface area contributed by atoms with E-state index in [1.54, 1.807) is 50.4 Å². The van der Waals surface area contributed by atoms with Gasteiger partial charge in [-0.3, -0.25) is 4.99 Å². The molecule has 114 valence electrons. The summed E-state index contributed by atoms with van der Waals surface area (Å²) in [5, 5.41) is 9.83. The summed E-state index contributed by atoms with van der Waals surface area (Å²) in [7, 11) is 1.54. The van der Waals surface area contributed by atoms with E-state index in [1.165, 1.54) is 12.3 Å². The maximum atomic E-state index is 11.9. The van der Waals surface area contributed by atoms with E-state index < -0.39 is 5.97 Å². The summed E-state index contributed by atoms with van der Waals surface area (Å²) in [4.78, 5) is 16.2. The van der Waals surface area contributed by atoms with Crippen molar-refractivity contribution in [3.8, 4) is 11.5 Å². The van der Waals surface area contributed by atoms with Crippen LogP contribution < -0.4 is 4.74 Å². The van der Waals surface area contributed by atoms with Crippen LogP contribution in [0.3, 0.4) is 0 Å². The Kier molecular flexibility index (Phi) is 5.14. The third-order valence-corrected chi connectivity index (χ3v) is 2.98. The molecule has 0 saturated carbocycles. The second kappa shape index (κ2) is 7.26.